The maximum Gasteiger partial charge on any atom is 0.175 e. The second-order valence-corrected chi connectivity index (χ2v) is 6.86. The Labute approximate surface area is 125 Å². The summed E-state index contributed by atoms with van der Waals surface area (Å²) >= 11 is 0. The molecule has 0 saturated carbocycles. The molecule has 0 amide bonds. The van der Waals surface area contributed by atoms with Crippen molar-refractivity contribution in [2.24, 2.45) is 5.73 Å². The number of hydrogen-bond acceptors (Lipinski definition) is 4. The first-order valence-electron chi connectivity index (χ1n) is 6.70. The highest BCUT2D eigenvalue weighted by molar-refractivity contribution is 7.90. The van der Waals surface area contributed by atoms with Crippen LogP contribution in [-0.4, -0.2) is 21.2 Å². The molecule has 0 aliphatic rings. The molecule has 4 nitrogen and oxygen atoms in total. The first-order chi connectivity index (χ1) is 10.0. The SMILES string of the molecule is CS(=O)(=O)c1ccc(OCc2ccccc2CCN)cc1. The van der Waals surface area contributed by atoms with Gasteiger partial charge in [-0.05, 0) is 48.4 Å². The summed E-state index contributed by atoms with van der Waals surface area (Å²) < 4.78 is 28.5. The van der Waals surface area contributed by atoms with Crippen LogP contribution < -0.4 is 10.5 Å². The summed E-state index contributed by atoms with van der Waals surface area (Å²) in [4.78, 5) is 0.290. The van der Waals surface area contributed by atoms with Gasteiger partial charge in [-0.2, -0.15) is 0 Å². The summed E-state index contributed by atoms with van der Waals surface area (Å²) in [6.45, 7) is 1.04. The molecule has 2 rings (SSSR count). The maximum atomic E-state index is 11.4. The Hall–Kier alpha value is -1.85. The topological polar surface area (TPSA) is 69.4 Å². The van der Waals surface area contributed by atoms with Crippen LogP contribution in [0.5, 0.6) is 5.75 Å². The summed E-state index contributed by atoms with van der Waals surface area (Å²) in [6, 6.07) is 14.4. The number of ether oxygens (including phenoxy) is 1. The van der Waals surface area contributed by atoms with E-state index in [-0.39, 0.29) is 0 Å². The standard InChI is InChI=1S/C16H19NO3S/c1-21(18,19)16-8-6-15(7-9-16)20-12-14-5-3-2-4-13(14)10-11-17/h2-9H,10-12,17H2,1H3. The smallest absolute Gasteiger partial charge is 0.175 e. The summed E-state index contributed by atoms with van der Waals surface area (Å²) in [5, 5.41) is 0. The monoisotopic (exact) mass is 305 g/mol. The first-order valence-corrected chi connectivity index (χ1v) is 8.59. The van der Waals surface area contributed by atoms with E-state index in [9.17, 15) is 8.42 Å². The van der Waals surface area contributed by atoms with Crippen LogP contribution in [0.1, 0.15) is 11.1 Å². The zero-order valence-electron chi connectivity index (χ0n) is 12.0. The molecule has 0 saturated heterocycles. The summed E-state index contributed by atoms with van der Waals surface area (Å²) in [5.41, 5.74) is 7.86. The highest BCUT2D eigenvalue weighted by Crippen LogP contribution is 2.18. The van der Waals surface area contributed by atoms with Crippen LogP contribution in [0.3, 0.4) is 0 Å². The number of hydrogen-bond donors (Lipinski definition) is 1. The Bertz CT molecular complexity index is 694. The highest BCUT2D eigenvalue weighted by Gasteiger charge is 2.07. The molecule has 0 aliphatic heterocycles. The second kappa shape index (κ2) is 6.74. The van der Waals surface area contributed by atoms with Crippen molar-refractivity contribution in [2.45, 2.75) is 17.9 Å². The molecule has 0 atom stereocenters. The lowest BCUT2D eigenvalue weighted by Gasteiger charge is -2.11. The minimum absolute atomic E-state index is 0.290. The van der Waals surface area contributed by atoms with E-state index in [1.54, 1.807) is 24.3 Å². The van der Waals surface area contributed by atoms with Crippen molar-refractivity contribution >= 4 is 9.84 Å². The maximum absolute atomic E-state index is 11.4. The van der Waals surface area contributed by atoms with Crippen molar-refractivity contribution < 1.29 is 13.2 Å². The van der Waals surface area contributed by atoms with Crippen molar-refractivity contribution in [3.63, 3.8) is 0 Å². The van der Waals surface area contributed by atoms with Gasteiger partial charge in [0.1, 0.15) is 12.4 Å². The van der Waals surface area contributed by atoms with E-state index in [1.165, 1.54) is 11.8 Å². The molecule has 0 fully saturated rings. The van der Waals surface area contributed by atoms with Gasteiger partial charge in [-0.25, -0.2) is 8.42 Å². The molecule has 0 radical (unpaired) electrons. The van der Waals surface area contributed by atoms with Crippen molar-refractivity contribution in [1.29, 1.82) is 0 Å². The van der Waals surface area contributed by atoms with Crippen LogP contribution in [0.15, 0.2) is 53.4 Å². The largest absolute Gasteiger partial charge is 0.489 e. The van der Waals surface area contributed by atoms with E-state index in [0.717, 1.165) is 12.0 Å². The van der Waals surface area contributed by atoms with Crippen LogP contribution in [0.25, 0.3) is 0 Å². The Balaban J connectivity index is 2.07. The van der Waals surface area contributed by atoms with Crippen molar-refractivity contribution in [3.05, 3.63) is 59.7 Å². The van der Waals surface area contributed by atoms with E-state index >= 15 is 0 Å². The Kier molecular flexibility index (Phi) is 4.98. The molecule has 21 heavy (non-hydrogen) atoms. The third kappa shape index (κ3) is 4.31. The molecule has 0 heterocycles. The molecule has 2 aromatic rings. The normalized spacial score (nSPS) is 11.3. The number of benzene rings is 2. The lowest BCUT2D eigenvalue weighted by atomic mass is 10.1. The molecule has 0 unspecified atom stereocenters. The Morgan fingerprint density at radius 1 is 1.00 bits per heavy atom. The first kappa shape index (κ1) is 15.5. The highest BCUT2D eigenvalue weighted by atomic mass is 32.2. The molecule has 2 N–H and O–H groups in total. The van der Waals surface area contributed by atoms with Crippen LogP contribution >= 0.6 is 0 Å². The summed E-state index contributed by atoms with van der Waals surface area (Å²) in [7, 11) is -3.17. The van der Waals surface area contributed by atoms with Crippen LogP contribution in [0.2, 0.25) is 0 Å². The molecule has 2 aromatic carbocycles. The average molecular weight is 305 g/mol. The van der Waals surface area contributed by atoms with Gasteiger partial charge in [-0.15, -0.1) is 0 Å². The van der Waals surface area contributed by atoms with E-state index in [1.807, 2.05) is 24.3 Å². The van der Waals surface area contributed by atoms with Gasteiger partial charge in [0, 0.05) is 6.26 Å². The van der Waals surface area contributed by atoms with Gasteiger partial charge in [0.2, 0.25) is 0 Å². The molecule has 0 spiro atoms. The fourth-order valence-electron chi connectivity index (χ4n) is 2.04. The van der Waals surface area contributed by atoms with Gasteiger partial charge in [0.25, 0.3) is 0 Å². The second-order valence-electron chi connectivity index (χ2n) is 4.84. The molecular weight excluding hydrogens is 286 g/mol. The number of sulfone groups is 1. The zero-order chi connectivity index (χ0) is 15.3. The van der Waals surface area contributed by atoms with Crippen molar-refractivity contribution in [1.82, 2.24) is 0 Å². The lowest BCUT2D eigenvalue weighted by Crippen LogP contribution is -2.07. The molecule has 5 heteroatoms. The lowest BCUT2D eigenvalue weighted by molar-refractivity contribution is 0.305. The van der Waals surface area contributed by atoms with Crippen molar-refractivity contribution in [3.8, 4) is 5.75 Å². The van der Waals surface area contributed by atoms with Crippen LogP contribution in [0, 0.1) is 0 Å². The van der Waals surface area contributed by atoms with E-state index in [4.69, 9.17) is 10.5 Å². The Morgan fingerprint density at radius 3 is 2.19 bits per heavy atom. The number of rotatable bonds is 6. The molecule has 0 bridgehead atoms. The number of nitrogens with two attached hydrogens (primary N) is 1. The van der Waals surface area contributed by atoms with Gasteiger partial charge in [-0.3, -0.25) is 0 Å². The molecule has 0 aliphatic carbocycles. The van der Waals surface area contributed by atoms with Crippen LogP contribution in [0.4, 0.5) is 0 Å². The minimum atomic E-state index is -3.17. The minimum Gasteiger partial charge on any atom is -0.489 e. The van der Waals surface area contributed by atoms with E-state index in [0.29, 0.717) is 23.8 Å². The average Bonchev–Trinajstić information content (AvgIpc) is 2.46. The summed E-state index contributed by atoms with van der Waals surface area (Å²) in [6.07, 6.45) is 2.00. The predicted octanol–water partition coefficient (Wildman–Crippen LogP) is 2.17. The zero-order valence-corrected chi connectivity index (χ0v) is 12.8. The molecule has 0 aromatic heterocycles. The van der Waals surface area contributed by atoms with Gasteiger partial charge in [0.15, 0.2) is 9.84 Å². The van der Waals surface area contributed by atoms with Crippen molar-refractivity contribution in [2.75, 3.05) is 12.8 Å². The van der Waals surface area contributed by atoms with Crippen LogP contribution in [-0.2, 0) is 22.9 Å². The van der Waals surface area contributed by atoms with Gasteiger partial charge >= 0.3 is 0 Å². The summed E-state index contributed by atoms with van der Waals surface area (Å²) in [5.74, 6) is 0.643. The van der Waals surface area contributed by atoms with Gasteiger partial charge < -0.3 is 10.5 Å². The third-order valence-electron chi connectivity index (χ3n) is 3.18. The van der Waals surface area contributed by atoms with E-state index < -0.39 is 9.84 Å². The van der Waals surface area contributed by atoms with Gasteiger partial charge in [0.05, 0.1) is 4.90 Å². The van der Waals surface area contributed by atoms with Gasteiger partial charge in [-0.1, -0.05) is 24.3 Å². The fourth-order valence-corrected chi connectivity index (χ4v) is 2.67. The quantitative estimate of drug-likeness (QED) is 0.888. The predicted molar refractivity (Wildman–Crippen MR) is 83.1 cm³/mol. The molecule has 112 valence electrons. The Morgan fingerprint density at radius 2 is 1.62 bits per heavy atom. The van der Waals surface area contributed by atoms with E-state index in [2.05, 4.69) is 0 Å². The third-order valence-corrected chi connectivity index (χ3v) is 4.31. The fraction of sp³-hybridized carbons (Fsp3) is 0.250. The molecular formula is C16H19NO3S.